The van der Waals surface area contributed by atoms with Crippen molar-refractivity contribution in [2.24, 2.45) is 23.2 Å². The Balaban J connectivity index is 1.87. The molecule has 0 spiro atoms. The van der Waals surface area contributed by atoms with Crippen LogP contribution in [0.5, 0.6) is 5.75 Å². The van der Waals surface area contributed by atoms with Crippen LogP contribution in [-0.2, 0) is 21.9 Å². The van der Waals surface area contributed by atoms with Crippen molar-refractivity contribution in [1.29, 1.82) is 0 Å². The van der Waals surface area contributed by atoms with E-state index in [2.05, 4.69) is 100.0 Å². The minimum atomic E-state index is -0.252. The van der Waals surface area contributed by atoms with Crippen molar-refractivity contribution < 1.29 is 9.47 Å². The smallest absolute Gasteiger partial charge is 0.119 e. The largest absolute Gasteiger partial charge is 0.491 e. The van der Waals surface area contributed by atoms with Gasteiger partial charge in [-0.1, -0.05) is 118 Å². The quantitative estimate of drug-likeness (QED) is 0.182. The number of hydrogen-bond acceptors (Lipinski definition) is 2. The van der Waals surface area contributed by atoms with Gasteiger partial charge in [0.1, 0.15) is 12.4 Å². The van der Waals surface area contributed by atoms with Gasteiger partial charge in [0.05, 0.1) is 10.9 Å². The second-order valence-electron chi connectivity index (χ2n) is 11.3. The van der Waals surface area contributed by atoms with Crippen LogP contribution >= 0.6 is 15.9 Å². The van der Waals surface area contributed by atoms with Crippen LogP contribution in [0.1, 0.15) is 64.7 Å². The Morgan fingerprint density at radius 3 is 2.28 bits per heavy atom. The molecular weight excluding hydrogens is 508 g/mol. The van der Waals surface area contributed by atoms with Crippen LogP contribution in [0.15, 0.2) is 72.8 Å². The molecule has 2 nitrogen and oxygen atoms in total. The minimum absolute atomic E-state index is 0.0895. The number of hydrogen-bond donors (Lipinski definition) is 0. The van der Waals surface area contributed by atoms with E-state index in [4.69, 9.17) is 9.47 Å². The summed E-state index contributed by atoms with van der Waals surface area (Å²) in [6.45, 7) is 15.8. The summed E-state index contributed by atoms with van der Waals surface area (Å²) in [6.07, 6.45) is 12.2. The standard InChI is InChI=1S/C33H45BrO2/c1-25(2)23-28-14-12-17-31(30(28)24-26(3)4)33(34,32(6)18-11-10-13-27(32)5)19-20-35-21-22-36-29-15-8-7-9-16-29/h7-18,25-27H,19-24H2,1-6H3. The summed E-state index contributed by atoms with van der Waals surface area (Å²) >= 11 is 4.40. The Hall–Kier alpha value is -1.84. The molecule has 196 valence electrons. The summed E-state index contributed by atoms with van der Waals surface area (Å²) in [5, 5.41) is 0. The second-order valence-corrected chi connectivity index (χ2v) is 12.6. The van der Waals surface area contributed by atoms with Crippen LogP contribution in [0.25, 0.3) is 0 Å². The van der Waals surface area contributed by atoms with Crippen molar-refractivity contribution in [2.45, 2.75) is 65.1 Å². The molecule has 3 heteroatoms. The highest BCUT2D eigenvalue weighted by molar-refractivity contribution is 9.09. The van der Waals surface area contributed by atoms with Gasteiger partial charge in [0.25, 0.3) is 0 Å². The maximum absolute atomic E-state index is 6.16. The molecule has 0 amide bonds. The highest BCUT2D eigenvalue weighted by atomic mass is 79.9. The van der Waals surface area contributed by atoms with E-state index >= 15 is 0 Å². The SMILES string of the molecule is CC(C)Cc1cccc(C(Br)(CCOCCOc2ccccc2)C2(C)C=CC=CC2C)c1CC(C)C. The lowest BCUT2D eigenvalue weighted by Gasteiger charge is -2.49. The zero-order valence-electron chi connectivity index (χ0n) is 23.1. The molecule has 1 aliphatic rings. The molecule has 0 saturated carbocycles. The van der Waals surface area contributed by atoms with Crippen molar-refractivity contribution in [1.82, 2.24) is 0 Å². The predicted octanol–water partition coefficient (Wildman–Crippen LogP) is 8.93. The molecule has 36 heavy (non-hydrogen) atoms. The summed E-state index contributed by atoms with van der Waals surface area (Å²) in [6, 6.07) is 16.9. The maximum Gasteiger partial charge on any atom is 0.119 e. The number of rotatable bonds is 13. The van der Waals surface area contributed by atoms with Gasteiger partial charge < -0.3 is 9.47 Å². The van der Waals surface area contributed by atoms with Crippen LogP contribution in [0.4, 0.5) is 0 Å². The van der Waals surface area contributed by atoms with Gasteiger partial charge in [-0.25, -0.2) is 0 Å². The molecule has 3 unspecified atom stereocenters. The Labute approximate surface area is 228 Å². The van der Waals surface area contributed by atoms with Gasteiger partial charge in [-0.2, -0.15) is 0 Å². The van der Waals surface area contributed by atoms with Gasteiger partial charge in [0, 0.05) is 12.0 Å². The number of allylic oxidation sites excluding steroid dienone is 4. The third-order valence-electron chi connectivity index (χ3n) is 7.52. The lowest BCUT2D eigenvalue weighted by molar-refractivity contribution is 0.0796. The second kappa shape index (κ2) is 13.1. The molecule has 0 fully saturated rings. The molecule has 3 rings (SSSR count). The number of ether oxygens (including phenoxy) is 2. The molecule has 0 bridgehead atoms. The van der Waals surface area contributed by atoms with Gasteiger partial charge >= 0.3 is 0 Å². The Morgan fingerprint density at radius 1 is 0.889 bits per heavy atom. The fourth-order valence-electron chi connectivity index (χ4n) is 5.36. The monoisotopic (exact) mass is 552 g/mol. The van der Waals surface area contributed by atoms with Crippen molar-refractivity contribution in [3.63, 3.8) is 0 Å². The van der Waals surface area contributed by atoms with E-state index in [1.54, 1.807) is 0 Å². The molecular formula is C33H45BrO2. The maximum atomic E-state index is 6.16. The van der Waals surface area contributed by atoms with Crippen LogP contribution in [0.2, 0.25) is 0 Å². The van der Waals surface area contributed by atoms with Crippen molar-refractivity contribution in [3.8, 4) is 5.75 Å². The molecule has 0 heterocycles. The van der Waals surface area contributed by atoms with Gasteiger partial charge in [-0.15, -0.1) is 0 Å². The molecule has 1 aliphatic carbocycles. The number of para-hydroxylation sites is 1. The lowest BCUT2D eigenvalue weighted by atomic mass is 9.62. The molecule has 0 radical (unpaired) electrons. The van der Waals surface area contributed by atoms with Gasteiger partial charge in [-0.05, 0) is 65.8 Å². The molecule has 2 aromatic carbocycles. The Morgan fingerprint density at radius 2 is 1.61 bits per heavy atom. The number of alkyl halides is 1. The van der Waals surface area contributed by atoms with Crippen molar-refractivity contribution in [2.75, 3.05) is 19.8 Å². The molecule has 0 N–H and O–H groups in total. The highest BCUT2D eigenvalue weighted by Gasteiger charge is 2.49. The fraction of sp³-hybridized carbons (Fsp3) is 0.515. The first-order chi connectivity index (χ1) is 17.2. The van der Waals surface area contributed by atoms with Gasteiger partial charge in [-0.3, -0.25) is 0 Å². The van der Waals surface area contributed by atoms with Crippen LogP contribution < -0.4 is 4.74 Å². The zero-order chi connectivity index (χ0) is 26.2. The van der Waals surface area contributed by atoms with Crippen molar-refractivity contribution >= 4 is 15.9 Å². The van der Waals surface area contributed by atoms with E-state index in [-0.39, 0.29) is 9.74 Å². The fourth-order valence-corrected chi connectivity index (χ4v) is 6.39. The predicted molar refractivity (Wildman–Crippen MR) is 157 cm³/mol. The van der Waals surface area contributed by atoms with Crippen LogP contribution in [-0.4, -0.2) is 19.8 Å². The average molecular weight is 554 g/mol. The van der Waals surface area contributed by atoms with E-state index in [1.165, 1.54) is 16.7 Å². The minimum Gasteiger partial charge on any atom is -0.491 e. The third-order valence-corrected chi connectivity index (χ3v) is 9.20. The normalized spacial score (nSPS) is 21.2. The summed E-state index contributed by atoms with van der Waals surface area (Å²) in [5.74, 6) is 2.49. The van der Waals surface area contributed by atoms with E-state index in [0.29, 0.717) is 37.6 Å². The zero-order valence-corrected chi connectivity index (χ0v) is 24.7. The van der Waals surface area contributed by atoms with E-state index < -0.39 is 0 Å². The van der Waals surface area contributed by atoms with E-state index in [0.717, 1.165) is 25.0 Å². The number of benzene rings is 2. The summed E-state index contributed by atoms with van der Waals surface area (Å²) in [5.41, 5.74) is 4.34. The summed E-state index contributed by atoms with van der Waals surface area (Å²) < 4.78 is 11.7. The van der Waals surface area contributed by atoms with Crippen LogP contribution in [0, 0.1) is 23.2 Å². The molecule has 0 aliphatic heterocycles. The van der Waals surface area contributed by atoms with Crippen molar-refractivity contribution in [3.05, 3.63) is 89.5 Å². The average Bonchev–Trinajstić information content (AvgIpc) is 2.84. The summed E-state index contributed by atoms with van der Waals surface area (Å²) in [7, 11) is 0. The topological polar surface area (TPSA) is 18.5 Å². The van der Waals surface area contributed by atoms with E-state index in [1.807, 2.05) is 30.3 Å². The molecule has 2 aromatic rings. The Kier molecular flexibility index (Phi) is 10.5. The first-order valence-electron chi connectivity index (χ1n) is 13.6. The number of halogens is 1. The third kappa shape index (κ3) is 6.92. The van der Waals surface area contributed by atoms with Crippen LogP contribution in [0.3, 0.4) is 0 Å². The van der Waals surface area contributed by atoms with Gasteiger partial charge in [0.2, 0.25) is 0 Å². The molecule has 0 aromatic heterocycles. The van der Waals surface area contributed by atoms with E-state index in [9.17, 15) is 0 Å². The molecule has 3 atom stereocenters. The summed E-state index contributed by atoms with van der Waals surface area (Å²) in [4.78, 5) is 0. The first kappa shape index (κ1) is 28.7. The first-order valence-corrected chi connectivity index (χ1v) is 14.4. The highest BCUT2D eigenvalue weighted by Crippen LogP contribution is 2.57. The lowest BCUT2D eigenvalue weighted by Crippen LogP contribution is -2.44. The molecule has 0 saturated heterocycles. The Bertz CT molecular complexity index is 1010. The van der Waals surface area contributed by atoms with Gasteiger partial charge in [0.15, 0.2) is 0 Å².